The molecule has 1 heterocycles. The lowest BCUT2D eigenvalue weighted by molar-refractivity contribution is -0.144. The Morgan fingerprint density at radius 1 is 1.35 bits per heavy atom. The minimum atomic E-state index is -0.659. The Morgan fingerprint density at radius 2 is 2.00 bits per heavy atom. The Labute approximate surface area is 103 Å². The van der Waals surface area contributed by atoms with E-state index in [9.17, 15) is 4.79 Å². The van der Waals surface area contributed by atoms with Crippen molar-refractivity contribution in [2.75, 3.05) is 32.8 Å². The molecule has 1 saturated heterocycles. The van der Waals surface area contributed by atoms with Crippen molar-refractivity contribution >= 4 is 5.97 Å². The van der Waals surface area contributed by atoms with Gasteiger partial charge >= 0.3 is 5.97 Å². The van der Waals surface area contributed by atoms with Gasteiger partial charge in [-0.25, -0.2) is 0 Å². The summed E-state index contributed by atoms with van der Waals surface area (Å²) in [7, 11) is 0. The highest BCUT2D eigenvalue weighted by atomic mass is 16.5. The Kier molecular flexibility index (Phi) is 3.73. The van der Waals surface area contributed by atoms with E-state index in [1.165, 1.54) is 0 Å². The topological polar surface area (TPSA) is 49.8 Å². The third kappa shape index (κ3) is 2.80. The fourth-order valence-corrected chi connectivity index (χ4v) is 3.09. The molecule has 1 aliphatic carbocycles. The largest absolute Gasteiger partial charge is 0.481 e. The van der Waals surface area contributed by atoms with Crippen LogP contribution in [0.5, 0.6) is 0 Å². The summed E-state index contributed by atoms with van der Waals surface area (Å²) >= 11 is 0. The number of rotatable bonds is 4. The van der Waals surface area contributed by atoms with Crippen LogP contribution in [0.1, 0.15) is 26.7 Å². The number of nitrogens with zero attached hydrogens (tertiary/aromatic N) is 1. The maximum absolute atomic E-state index is 10.8. The van der Waals surface area contributed by atoms with Crippen LogP contribution in [0.2, 0.25) is 0 Å². The van der Waals surface area contributed by atoms with Crippen LogP contribution >= 0.6 is 0 Å². The predicted octanol–water partition coefficient (Wildman–Crippen LogP) is 1.46. The molecule has 4 nitrogen and oxygen atoms in total. The van der Waals surface area contributed by atoms with Crippen molar-refractivity contribution in [1.82, 2.24) is 4.90 Å². The van der Waals surface area contributed by atoms with E-state index < -0.39 is 5.97 Å². The van der Waals surface area contributed by atoms with Crippen molar-refractivity contribution in [3.05, 3.63) is 0 Å². The summed E-state index contributed by atoms with van der Waals surface area (Å²) in [6, 6.07) is 0. The second kappa shape index (κ2) is 4.94. The average molecular weight is 241 g/mol. The number of morpholine rings is 1. The number of hydrogen-bond donors (Lipinski definition) is 1. The van der Waals surface area contributed by atoms with Crippen molar-refractivity contribution in [3.63, 3.8) is 0 Å². The van der Waals surface area contributed by atoms with E-state index in [0.717, 1.165) is 39.3 Å². The van der Waals surface area contributed by atoms with Crippen molar-refractivity contribution in [2.45, 2.75) is 26.7 Å². The monoisotopic (exact) mass is 241 g/mol. The molecule has 0 aromatic heterocycles. The van der Waals surface area contributed by atoms with E-state index in [1.807, 2.05) is 0 Å². The van der Waals surface area contributed by atoms with Gasteiger partial charge in [-0.2, -0.15) is 0 Å². The van der Waals surface area contributed by atoms with Crippen LogP contribution in [0.25, 0.3) is 0 Å². The highest BCUT2D eigenvalue weighted by Gasteiger charge is 2.48. The normalized spacial score (nSPS) is 33.1. The molecule has 0 unspecified atom stereocenters. The van der Waals surface area contributed by atoms with Gasteiger partial charge in [0, 0.05) is 26.1 Å². The molecule has 98 valence electrons. The summed E-state index contributed by atoms with van der Waals surface area (Å²) in [5.74, 6) is 0.337. The fourth-order valence-electron chi connectivity index (χ4n) is 3.09. The summed E-state index contributed by atoms with van der Waals surface area (Å²) < 4.78 is 5.34. The molecule has 0 spiro atoms. The van der Waals surface area contributed by atoms with E-state index in [0.29, 0.717) is 18.3 Å². The molecule has 2 aliphatic rings. The molecule has 0 aromatic rings. The first-order valence-electron chi connectivity index (χ1n) is 6.52. The maximum atomic E-state index is 10.8. The molecule has 2 atom stereocenters. The number of carboxylic acid groups (broad SMARTS) is 1. The van der Waals surface area contributed by atoms with Gasteiger partial charge in [-0.15, -0.1) is 0 Å². The van der Waals surface area contributed by atoms with E-state index in [-0.39, 0.29) is 5.41 Å². The first-order valence-corrected chi connectivity index (χ1v) is 6.52. The van der Waals surface area contributed by atoms with E-state index >= 15 is 0 Å². The minimum Gasteiger partial charge on any atom is -0.481 e. The molecule has 1 N–H and O–H groups in total. The molecular weight excluding hydrogens is 218 g/mol. The zero-order valence-corrected chi connectivity index (χ0v) is 10.8. The molecule has 2 rings (SSSR count). The maximum Gasteiger partial charge on any atom is 0.303 e. The van der Waals surface area contributed by atoms with Crippen molar-refractivity contribution in [2.24, 2.45) is 17.3 Å². The number of ether oxygens (including phenoxy) is 1. The van der Waals surface area contributed by atoms with Crippen molar-refractivity contribution in [1.29, 1.82) is 0 Å². The quantitative estimate of drug-likeness (QED) is 0.809. The van der Waals surface area contributed by atoms with Crippen LogP contribution in [-0.2, 0) is 9.53 Å². The Morgan fingerprint density at radius 3 is 2.53 bits per heavy atom. The smallest absolute Gasteiger partial charge is 0.303 e. The van der Waals surface area contributed by atoms with Gasteiger partial charge < -0.3 is 9.84 Å². The third-order valence-electron chi connectivity index (χ3n) is 4.68. The predicted molar refractivity (Wildman–Crippen MR) is 64.9 cm³/mol. The summed E-state index contributed by atoms with van der Waals surface area (Å²) in [6.07, 6.45) is 1.39. The van der Waals surface area contributed by atoms with Gasteiger partial charge in [-0.1, -0.05) is 13.8 Å². The minimum absolute atomic E-state index is 0.177. The highest BCUT2D eigenvalue weighted by molar-refractivity contribution is 5.67. The number of hydrogen-bond acceptors (Lipinski definition) is 3. The van der Waals surface area contributed by atoms with Gasteiger partial charge in [0.15, 0.2) is 0 Å². The Hall–Kier alpha value is -0.610. The van der Waals surface area contributed by atoms with Crippen LogP contribution in [-0.4, -0.2) is 48.8 Å². The Balaban J connectivity index is 1.81. The summed E-state index contributed by atoms with van der Waals surface area (Å²) in [5.41, 5.74) is 0.177. The lowest BCUT2D eigenvalue weighted by atomic mass is 9.53. The van der Waals surface area contributed by atoms with Crippen LogP contribution in [0.4, 0.5) is 0 Å². The molecule has 0 radical (unpaired) electrons. The van der Waals surface area contributed by atoms with E-state index in [1.54, 1.807) is 0 Å². The van der Waals surface area contributed by atoms with Crippen molar-refractivity contribution in [3.8, 4) is 0 Å². The lowest BCUT2D eigenvalue weighted by Gasteiger charge is -2.53. The molecule has 17 heavy (non-hydrogen) atoms. The first-order chi connectivity index (χ1) is 8.00. The van der Waals surface area contributed by atoms with Crippen LogP contribution in [0.3, 0.4) is 0 Å². The van der Waals surface area contributed by atoms with Gasteiger partial charge in [-0.3, -0.25) is 9.69 Å². The van der Waals surface area contributed by atoms with Crippen molar-refractivity contribution < 1.29 is 14.6 Å². The van der Waals surface area contributed by atoms with Gasteiger partial charge in [0.2, 0.25) is 0 Å². The van der Waals surface area contributed by atoms with Crippen LogP contribution in [0.15, 0.2) is 0 Å². The zero-order valence-electron chi connectivity index (χ0n) is 10.8. The number of aliphatic carboxylic acids is 1. The third-order valence-corrected chi connectivity index (χ3v) is 4.68. The van der Waals surface area contributed by atoms with E-state index in [2.05, 4.69) is 18.7 Å². The van der Waals surface area contributed by atoms with Crippen LogP contribution in [0, 0.1) is 17.3 Å². The highest BCUT2D eigenvalue weighted by Crippen LogP contribution is 2.53. The fraction of sp³-hybridized carbons (Fsp3) is 0.923. The van der Waals surface area contributed by atoms with Gasteiger partial charge in [0.1, 0.15) is 0 Å². The molecule has 1 saturated carbocycles. The van der Waals surface area contributed by atoms with Crippen LogP contribution < -0.4 is 0 Å². The van der Waals surface area contributed by atoms with Gasteiger partial charge in [0.25, 0.3) is 0 Å². The SMILES string of the molecule is CC1(C)[C@@H](CC(=O)O)C[C@H]1CN1CCOCC1. The molecule has 2 fully saturated rings. The van der Waals surface area contributed by atoms with E-state index in [4.69, 9.17) is 9.84 Å². The molecular formula is C13H23NO3. The van der Waals surface area contributed by atoms with Gasteiger partial charge in [-0.05, 0) is 23.7 Å². The molecule has 4 heteroatoms. The summed E-state index contributed by atoms with van der Waals surface area (Å²) in [6.45, 7) is 9.26. The lowest BCUT2D eigenvalue weighted by Crippen LogP contribution is -2.52. The first kappa shape index (κ1) is 12.8. The molecule has 0 amide bonds. The number of carbonyl (C=O) groups is 1. The molecule has 0 aromatic carbocycles. The Bertz CT molecular complexity index is 284. The average Bonchev–Trinajstić information content (AvgIpc) is 2.28. The number of carboxylic acids is 1. The molecule has 0 bridgehead atoms. The summed E-state index contributed by atoms with van der Waals surface area (Å²) in [5, 5.41) is 8.86. The second-order valence-electron chi connectivity index (χ2n) is 5.96. The zero-order chi connectivity index (χ0) is 12.5. The van der Waals surface area contributed by atoms with Gasteiger partial charge in [0.05, 0.1) is 13.2 Å². The summed E-state index contributed by atoms with van der Waals surface area (Å²) in [4.78, 5) is 13.2. The molecule has 1 aliphatic heterocycles. The second-order valence-corrected chi connectivity index (χ2v) is 5.96. The standard InChI is InChI=1S/C13H23NO3/c1-13(2)10(8-12(15)16)7-11(13)9-14-3-5-17-6-4-14/h10-11H,3-9H2,1-2H3,(H,15,16)/t10-,11+/m1/s1.